The molecule has 3 fully saturated rings. The lowest BCUT2D eigenvalue weighted by atomic mass is 9.64. The van der Waals surface area contributed by atoms with Crippen molar-refractivity contribution in [3.63, 3.8) is 0 Å². The monoisotopic (exact) mass is 702 g/mol. The molecule has 274 valence electrons. The van der Waals surface area contributed by atoms with Gasteiger partial charge in [-0.3, -0.25) is 0 Å². The fraction of sp³-hybridized carbons (Fsp3) is 0.451. The Kier molecular flexibility index (Phi) is 8.75. The molecule has 0 heterocycles. The Balaban J connectivity index is 1.05. The Morgan fingerprint density at radius 3 is 2.47 bits per heavy atom. The third-order valence-corrected chi connectivity index (χ3v) is 14.9. The van der Waals surface area contributed by atoms with Crippen LogP contribution in [-0.2, 0) is 15.9 Å². The lowest BCUT2D eigenvalue weighted by Gasteiger charge is -2.41. The molecule has 0 radical (unpaired) electrons. The van der Waals surface area contributed by atoms with Crippen molar-refractivity contribution in [1.82, 2.24) is 0 Å². The van der Waals surface area contributed by atoms with Crippen LogP contribution in [0.2, 0.25) is 0 Å². The van der Waals surface area contributed by atoms with Gasteiger partial charge < -0.3 is 9.47 Å². The van der Waals surface area contributed by atoms with E-state index in [0.717, 1.165) is 53.6 Å². The highest BCUT2D eigenvalue weighted by Gasteiger charge is 2.57. The van der Waals surface area contributed by atoms with Crippen LogP contribution in [-0.4, -0.2) is 14.2 Å². The number of hydrogen-bond acceptors (Lipinski definition) is 2. The molecule has 2 heteroatoms. The minimum Gasteiger partial charge on any atom is -0.497 e. The summed E-state index contributed by atoms with van der Waals surface area (Å²) in [4.78, 5) is 0. The molecule has 6 aliphatic carbocycles. The lowest BCUT2D eigenvalue weighted by Crippen LogP contribution is -2.33. The van der Waals surface area contributed by atoms with Crippen LogP contribution in [0.4, 0.5) is 0 Å². The molecule has 0 amide bonds. The second-order valence-corrected chi connectivity index (χ2v) is 18.2. The second-order valence-electron chi connectivity index (χ2n) is 18.2. The summed E-state index contributed by atoms with van der Waals surface area (Å²) in [7, 11) is 3.59. The summed E-state index contributed by atoms with van der Waals surface area (Å²) in [5, 5.41) is 8.29. The molecule has 8 atom stereocenters. The van der Waals surface area contributed by atoms with Crippen molar-refractivity contribution in [2.24, 2.45) is 46.8 Å². The molecule has 2 bridgehead atoms. The van der Waals surface area contributed by atoms with E-state index in [2.05, 4.69) is 119 Å². The highest BCUT2D eigenvalue weighted by molar-refractivity contribution is 5.96. The summed E-state index contributed by atoms with van der Waals surface area (Å²) < 4.78 is 11.8. The largest absolute Gasteiger partial charge is 0.497 e. The molecule has 53 heavy (non-hydrogen) atoms. The summed E-state index contributed by atoms with van der Waals surface area (Å²) >= 11 is 0. The van der Waals surface area contributed by atoms with E-state index in [1.165, 1.54) is 92.4 Å². The van der Waals surface area contributed by atoms with E-state index in [1.807, 2.05) is 7.11 Å². The van der Waals surface area contributed by atoms with Crippen molar-refractivity contribution >= 4 is 40.3 Å². The number of benzene rings is 3. The Morgan fingerprint density at radius 2 is 1.66 bits per heavy atom. The molecule has 0 spiro atoms. The SMILES string of the molecule is C=C(OC)c1ccc2c3c(cc/c(=C\[C@H]4CC[C@H]5[C@H]6CCC(C7=c8\ccc9c(c8)C(C=C(C)C=9)C/C=C/C(OC)=C\7)C[C@H]6C(C)(C)[C@H]5C4)c13)=CC(C)C2. The van der Waals surface area contributed by atoms with Crippen LogP contribution in [0, 0.1) is 46.8 Å². The first-order chi connectivity index (χ1) is 25.6. The molecule has 0 aromatic heterocycles. The van der Waals surface area contributed by atoms with Gasteiger partial charge in [0.25, 0.3) is 0 Å². The molecule has 9 rings (SSSR count). The smallest absolute Gasteiger partial charge is 0.119 e. The van der Waals surface area contributed by atoms with Crippen molar-refractivity contribution in [3.05, 3.63) is 122 Å². The van der Waals surface area contributed by atoms with Crippen LogP contribution in [0.15, 0.2) is 84.7 Å². The zero-order valence-corrected chi connectivity index (χ0v) is 32.9. The van der Waals surface area contributed by atoms with Gasteiger partial charge >= 0.3 is 0 Å². The van der Waals surface area contributed by atoms with Gasteiger partial charge in [0.15, 0.2) is 0 Å². The van der Waals surface area contributed by atoms with E-state index in [0.29, 0.717) is 29.1 Å². The van der Waals surface area contributed by atoms with Crippen LogP contribution in [0.1, 0.15) is 95.2 Å². The lowest BCUT2D eigenvalue weighted by molar-refractivity contribution is 0.108. The number of methoxy groups -OCH3 is 2. The minimum atomic E-state index is 0.309. The topological polar surface area (TPSA) is 18.5 Å². The Morgan fingerprint density at radius 1 is 0.868 bits per heavy atom. The average molecular weight is 703 g/mol. The first-order valence-electron chi connectivity index (χ1n) is 20.6. The van der Waals surface area contributed by atoms with Gasteiger partial charge in [-0.1, -0.05) is 106 Å². The van der Waals surface area contributed by atoms with Gasteiger partial charge in [0.2, 0.25) is 0 Å². The fourth-order valence-electron chi connectivity index (χ4n) is 12.4. The summed E-state index contributed by atoms with van der Waals surface area (Å²) in [5.41, 5.74) is 7.25. The molecule has 6 aliphatic rings. The zero-order valence-electron chi connectivity index (χ0n) is 32.9. The first kappa shape index (κ1) is 34.7. The van der Waals surface area contributed by atoms with Crippen LogP contribution < -0.4 is 20.9 Å². The van der Waals surface area contributed by atoms with Gasteiger partial charge in [0.1, 0.15) is 11.5 Å². The van der Waals surface area contributed by atoms with Gasteiger partial charge in [-0.2, -0.15) is 0 Å². The Hall–Kier alpha value is -4.04. The number of allylic oxidation sites excluding steroid dienone is 5. The number of hydrogen-bond donors (Lipinski definition) is 0. The van der Waals surface area contributed by atoms with E-state index >= 15 is 0 Å². The number of ether oxygens (including phenoxy) is 2. The third kappa shape index (κ3) is 5.91. The van der Waals surface area contributed by atoms with Crippen molar-refractivity contribution < 1.29 is 9.47 Å². The Bertz CT molecular complexity index is 2350. The quantitative estimate of drug-likeness (QED) is 0.247. The maximum absolute atomic E-state index is 6.00. The number of rotatable bonds is 5. The molecular formula is C51H58O2. The van der Waals surface area contributed by atoms with E-state index in [1.54, 1.807) is 7.11 Å². The van der Waals surface area contributed by atoms with Gasteiger partial charge in [0.05, 0.1) is 14.2 Å². The summed E-state index contributed by atoms with van der Waals surface area (Å²) in [5.74, 6) is 7.03. The Labute approximate surface area is 317 Å². The van der Waals surface area contributed by atoms with Crippen LogP contribution in [0.25, 0.3) is 40.3 Å². The first-order valence-corrected chi connectivity index (χ1v) is 20.6. The van der Waals surface area contributed by atoms with Crippen molar-refractivity contribution in [1.29, 1.82) is 0 Å². The molecule has 0 N–H and O–H groups in total. The predicted molar refractivity (Wildman–Crippen MR) is 222 cm³/mol. The van der Waals surface area contributed by atoms with E-state index in [-0.39, 0.29) is 0 Å². The van der Waals surface area contributed by atoms with Crippen LogP contribution in [0.3, 0.4) is 0 Å². The molecule has 3 saturated carbocycles. The maximum Gasteiger partial charge on any atom is 0.119 e. The molecule has 3 aromatic rings. The highest BCUT2D eigenvalue weighted by atomic mass is 16.5. The van der Waals surface area contributed by atoms with Crippen LogP contribution in [0.5, 0.6) is 0 Å². The second kappa shape index (κ2) is 13.4. The highest BCUT2D eigenvalue weighted by Crippen LogP contribution is 2.65. The third-order valence-electron chi connectivity index (χ3n) is 14.9. The normalized spacial score (nSPS) is 34.0. The predicted octanol–water partition coefficient (Wildman–Crippen LogP) is 9.48. The molecular weight excluding hydrogens is 645 g/mol. The summed E-state index contributed by atoms with van der Waals surface area (Å²) in [6.45, 7) is 14.2. The molecule has 3 aromatic carbocycles. The molecule has 2 nitrogen and oxygen atoms in total. The maximum atomic E-state index is 6.00. The van der Waals surface area contributed by atoms with Crippen molar-refractivity contribution in [2.75, 3.05) is 14.2 Å². The van der Waals surface area contributed by atoms with Gasteiger partial charge in [-0.15, -0.1) is 0 Å². The van der Waals surface area contributed by atoms with E-state index < -0.39 is 0 Å². The summed E-state index contributed by atoms with van der Waals surface area (Å²) in [6.07, 6.45) is 26.8. The molecule has 3 unspecified atom stereocenters. The van der Waals surface area contributed by atoms with Crippen molar-refractivity contribution in [2.45, 2.75) is 85.0 Å². The van der Waals surface area contributed by atoms with Gasteiger partial charge in [-0.25, -0.2) is 0 Å². The van der Waals surface area contributed by atoms with E-state index in [9.17, 15) is 0 Å². The fourth-order valence-corrected chi connectivity index (χ4v) is 12.4. The van der Waals surface area contributed by atoms with Crippen LogP contribution >= 0.6 is 0 Å². The van der Waals surface area contributed by atoms with Gasteiger partial charge in [0, 0.05) is 16.9 Å². The summed E-state index contributed by atoms with van der Waals surface area (Å²) in [6, 6.07) is 16.7. The zero-order chi connectivity index (χ0) is 36.6. The minimum absolute atomic E-state index is 0.309. The van der Waals surface area contributed by atoms with Crippen molar-refractivity contribution in [3.8, 4) is 0 Å². The van der Waals surface area contributed by atoms with E-state index in [4.69, 9.17) is 9.47 Å². The molecule has 0 saturated heterocycles. The average Bonchev–Trinajstić information content (AvgIpc) is 3.38. The number of fused-ring (bicyclic) bond motifs is 4. The molecule has 0 aliphatic heterocycles. The standard InChI is InChI=1S/C51H58O2/c1-30-21-34-9-8-10-41(53-7)29-46(36-13-12-35(22-30)45(34)27-36)37-16-20-44-43-18-11-33(26-47(43)51(4,5)48(44)28-37)25-40-15-14-38-23-31(2)24-39-17-19-42(32(3)52-6)50(40)49(38)39/h8,10,12-15,17,19,21-23,25,27,29,31,33-34,37,43-44,47-48H,3,9,11,16,18,20,24,26,28H2,1-2,4-7H3/b10-8+,40-25+,41-29+,46-36+/t31?,33-,34?,37?,43+,44-,47+,48-/m1/s1. The van der Waals surface area contributed by atoms with Gasteiger partial charge in [-0.05, 0) is 160 Å².